The Kier molecular flexibility index (Phi) is 6.36. The highest BCUT2D eigenvalue weighted by molar-refractivity contribution is 6.00. The van der Waals surface area contributed by atoms with Gasteiger partial charge in [-0.1, -0.05) is 48.5 Å². The molecule has 1 aliphatic rings. The summed E-state index contributed by atoms with van der Waals surface area (Å²) in [5, 5.41) is 12.7. The summed E-state index contributed by atoms with van der Waals surface area (Å²) >= 11 is 0. The predicted molar refractivity (Wildman–Crippen MR) is 119 cm³/mol. The van der Waals surface area contributed by atoms with Crippen molar-refractivity contribution in [2.75, 3.05) is 5.32 Å². The minimum Gasteiger partial charge on any atom is -0.478 e. The zero-order valence-corrected chi connectivity index (χ0v) is 18.0. The summed E-state index contributed by atoms with van der Waals surface area (Å²) in [7, 11) is 0. The van der Waals surface area contributed by atoms with Crippen LogP contribution in [0.2, 0.25) is 0 Å². The van der Waals surface area contributed by atoms with Crippen molar-refractivity contribution >= 4 is 17.4 Å². The summed E-state index contributed by atoms with van der Waals surface area (Å²) in [6.45, 7) is 0. The summed E-state index contributed by atoms with van der Waals surface area (Å²) in [5.41, 5.74) is 0.0746. The van der Waals surface area contributed by atoms with E-state index in [1.807, 2.05) is 0 Å². The number of fused-ring (bicyclic) bond motifs is 1. The van der Waals surface area contributed by atoms with Crippen LogP contribution in [0.3, 0.4) is 0 Å². The number of carboxylic acid groups (broad SMARTS) is 1. The van der Waals surface area contributed by atoms with Gasteiger partial charge in [0.15, 0.2) is 0 Å². The van der Waals surface area contributed by atoms with Crippen LogP contribution >= 0.6 is 0 Å². The molecule has 3 aromatic rings. The number of alkyl halides is 6. The molecular weight excluding hydrogens is 472 g/mol. The molecule has 4 rings (SSSR count). The molecule has 2 N–H and O–H groups in total. The molecule has 1 aliphatic carbocycles. The monoisotopic (exact) mass is 491 g/mol. The summed E-state index contributed by atoms with van der Waals surface area (Å²) in [6, 6.07) is 16.1. The van der Waals surface area contributed by atoms with E-state index in [1.54, 1.807) is 30.3 Å². The molecule has 0 fully saturated rings. The topological polar surface area (TPSA) is 49.3 Å². The minimum atomic E-state index is -4.57. The SMILES string of the molecule is O=C(O)C1=C(Nc2cccc(C(F)(F)F)c2)c2ccccc2C(Cc2cccc(C(F)(F)F)c2)C1. The Balaban J connectivity index is 1.72. The Morgan fingerprint density at radius 2 is 1.49 bits per heavy atom. The summed E-state index contributed by atoms with van der Waals surface area (Å²) in [6.07, 6.45) is -8.92. The number of halogens is 6. The molecule has 0 bridgehead atoms. The zero-order valence-electron chi connectivity index (χ0n) is 18.0. The van der Waals surface area contributed by atoms with Crippen molar-refractivity contribution in [3.63, 3.8) is 0 Å². The average Bonchev–Trinajstić information content (AvgIpc) is 2.79. The number of nitrogens with one attached hydrogen (secondary N) is 1. The van der Waals surface area contributed by atoms with Crippen LogP contribution in [0.15, 0.2) is 78.4 Å². The molecule has 3 aromatic carbocycles. The highest BCUT2D eigenvalue weighted by Gasteiger charge is 2.34. The summed E-state index contributed by atoms with van der Waals surface area (Å²) < 4.78 is 78.9. The van der Waals surface area contributed by atoms with Crippen molar-refractivity contribution in [2.24, 2.45) is 0 Å². The van der Waals surface area contributed by atoms with Gasteiger partial charge >= 0.3 is 18.3 Å². The van der Waals surface area contributed by atoms with Gasteiger partial charge in [0, 0.05) is 11.3 Å². The van der Waals surface area contributed by atoms with E-state index in [-0.39, 0.29) is 29.8 Å². The van der Waals surface area contributed by atoms with Crippen LogP contribution in [0.1, 0.15) is 40.2 Å². The highest BCUT2D eigenvalue weighted by Crippen LogP contribution is 2.42. The van der Waals surface area contributed by atoms with Gasteiger partial charge < -0.3 is 10.4 Å². The number of carboxylic acids is 1. The first-order valence-corrected chi connectivity index (χ1v) is 10.6. The second-order valence-corrected chi connectivity index (χ2v) is 8.25. The third-order valence-corrected chi connectivity index (χ3v) is 5.88. The Bertz CT molecular complexity index is 1290. The van der Waals surface area contributed by atoms with E-state index in [1.165, 1.54) is 18.2 Å². The zero-order chi connectivity index (χ0) is 25.4. The van der Waals surface area contributed by atoms with Crippen LogP contribution in [0, 0.1) is 0 Å². The van der Waals surface area contributed by atoms with E-state index < -0.39 is 35.4 Å². The maximum absolute atomic E-state index is 13.1. The van der Waals surface area contributed by atoms with Crippen LogP contribution in [0.4, 0.5) is 32.0 Å². The van der Waals surface area contributed by atoms with Crippen LogP contribution in [0.25, 0.3) is 5.70 Å². The lowest BCUT2D eigenvalue weighted by Crippen LogP contribution is -2.21. The maximum Gasteiger partial charge on any atom is 0.416 e. The van der Waals surface area contributed by atoms with Crippen molar-refractivity contribution in [2.45, 2.75) is 31.1 Å². The first-order valence-electron chi connectivity index (χ1n) is 10.6. The second-order valence-electron chi connectivity index (χ2n) is 8.25. The highest BCUT2D eigenvalue weighted by atomic mass is 19.4. The lowest BCUT2D eigenvalue weighted by molar-refractivity contribution is -0.138. The van der Waals surface area contributed by atoms with Crippen molar-refractivity contribution in [3.05, 3.63) is 106 Å². The van der Waals surface area contributed by atoms with Crippen molar-refractivity contribution in [3.8, 4) is 0 Å². The molecular formula is C26H19F6NO2. The fourth-order valence-electron chi connectivity index (χ4n) is 4.30. The predicted octanol–water partition coefficient (Wildman–Crippen LogP) is 7.36. The summed E-state index contributed by atoms with van der Waals surface area (Å²) in [5.74, 6) is -1.70. The number of anilines is 1. The van der Waals surface area contributed by atoms with E-state index >= 15 is 0 Å². The molecule has 3 nitrogen and oxygen atoms in total. The Morgan fingerprint density at radius 3 is 2.14 bits per heavy atom. The molecule has 0 saturated carbocycles. The third kappa shape index (κ3) is 5.34. The smallest absolute Gasteiger partial charge is 0.416 e. The molecule has 182 valence electrons. The second kappa shape index (κ2) is 9.13. The van der Waals surface area contributed by atoms with Crippen molar-refractivity contribution in [1.82, 2.24) is 0 Å². The van der Waals surface area contributed by atoms with E-state index in [2.05, 4.69) is 5.32 Å². The number of benzene rings is 3. The number of rotatable bonds is 5. The molecule has 0 aromatic heterocycles. The molecule has 0 amide bonds. The fourth-order valence-corrected chi connectivity index (χ4v) is 4.30. The van der Waals surface area contributed by atoms with Crippen LogP contribution in [0.5, 0.6) is 0 Å². The first-order chi connectivity index (χ1) is 16.4. The van der Waals surface area contributed by atoms with Crippen LogP contribution < -0.4 is 5.32 Å². The number of carbonyl (C=O) groups is 1. The van der Waals surface area contributed by atoms with Crippen LogP contribution in [-0.2, 0) is 23.6 Å². The van der Waals surface area contributed by atoms with E-state index in [0.29, 0.717) is 16.7 Å². The van der Waals surface area contributed by atoms with Gasteiger partial charge in [-0.05, 0) is 54.2 Å². The normalized spacial score (nSPS) is 16.1. The Hall–Kier alpha value is -3.75. The lowest BCUT2D eigenvalue weighted by Gasteiger charge is -2.29. The number of hydrogen-bond donors (Lipinski definition) is 2. The lowest BCUT2D eigenvalue weighted by atomic mass is 9.78. The molecule has 0 saturated heterocycles. The Labute approximate surface area is 196 Å². The van der Waals surface area contributed by atoms with E-state index in [0.717, 1.165) is 24.3 Å². The molecule has 0 spiro atoms. The molecule has 0 heterocycles. The van der Waals surface area contributed by atoms with Gasteiger partial charge in [0.2, 0.25) is 0 Å². The van der Waals surface area contributed by atoms with Crippen molar-refractivity contribution < 1.29 is 36.2 Å². The first kappa shape index (κ1) is 24.4. The maximum atomic E-state index is 13.1. The minimum absolute atomic E-state index is 0.0100. The number of hydrogen-bond acceptors (Lipinski definition) is 2. The molecule has 35 heavy (non-hydrogen) atoms. The third-order valence-electron chi connectivity index (χ3n) is 5.88. The Morgan fingerprint density at radius 1 is 0.857 bits per heavy atom. The van der Waals surface area contributed by atoms with Gasteiger partial charge in [0.1, 0.15) is 0 Å². The number of aliphatic carboxylic acids is 1. The molecule has 1 atom stereocenters. The fraction of sp³-hybridized carbons (Fsp3) is 0.192. The quantitative estimate of drug-likeness (QED) is 0.367. The molecule has 0 aliphatic heterocycles. The molecule has 9 heteroatoms. The van der Waals surface area contributed by atoms with Crippen LogP contribution in [-0.4, -0.2) is 11.1 Å². The average molecular weight is 491 g/mol. The van der Waals surface area contributed by atoms with Gasteiger partial charge in [0.25, 0.3) is 0 Å². The molecule has 0 radical (unpaired) electrons. The largest absolute Gasteiger partial charge is 0.478 e. The van der Waals surface area contributed by atoms with E-state index in [4.69, 9.17) is 0 Å². The van der Waals surface area contributed by atoms with E-state index in [9.17, 15) is 36.2 Å². The van der Waals surface area contributed by atoms with Gasteiger partial charge in [-0.25, -0.2) is 4.79 Å². The van der Waals surface area contributed by atoms with Crippen molar-refractivity contribution in [1.29, 1.82) is 0 Å². The van der Waals surface area contributed by atoms with Gasteiger partial charge in [-0.15, -0.1) is 0 Å². The summed E-state index contributed by atoms with van der Waals surface area (Å²) in [4.78, 5) is 12.1. The van der Waals surface area contributed by atoms with Gasteiger partial charge in [-0.2, -0.15) is 26.3 Å². The molecule has 1 unspecified atom stereocenters. The van der Waals surface area contributed by atoms with Gasteiger partial charge in [0.05, 0.1) is 22.4 Å². The van der Waals surface area contributed by atoms with Gasteiger partial charge in [-0.3, -0.25) is 0 Å². The standard InChI is InChI=1S/C26H19F6NO2/c27-25(28,29)17-6-3-5-15(12-17)11-16-13-22(24(34)35)23(21-10-2-1-9-20(16)21)33-19-8-4-7-18(14-19)26(30,31)32/h1-10,12,14,16,33H,11,13H2,(H,34,35).